The Kier molecular flexibility index (Phi) is 6.54. The second-order valence-electron chi connectivity index (χ2n) is 5.48. The summed E-state index contributed by atoms with van der Waals surface area (Å²) >= 11 is 0. The number of rotatable bonds is 4. The molecule has 0 unspecified atom stereocenters. The Morgan fingerprint density at radius 2 is 1.30 bits per heavy atom. The Morgan fingerprint density at radius 1 is 0.778 bits per heavy atom. The molecule has 0 radical (unpaired) electrons. The molecule has 0 fully saturated rings. The standard InChI is InChI=1S/C12H13N3.C7H5NO4/c1-9-8-10(2)14-12(13-9)15-11-6-4-3-5-7-11;9-6(10)4-2-1-3-5(8-4)7(11)12/h3-8H,1-2H3,(H,13,14,15);1-3H,(H,9,10)(H,11,12). The Morgan fingerprint density at radius 3 is 1.78 bits per heavy atom. The molecule has 0 saturated heterocycles. The van der Waals surface area contributed by atoms with Gasteiger partial charge in [-0.1, -0.05) is 24.3 Å². The third-order valence-electron chi connectivity index (χ3n) is 3.20. The van der Waals surface area contributed by atoms with Crippen molar-refractivity contribution in [3.63, 3.8) is 0 Å². The maximum atomic E-state index is 10.3. The van der Waals surface area contributed by atoms with E-state index in [-0.39, 0.29) is 11.4 Å². The Labute approximate surface area is 155 Å². The van der Waals surface area contributed by atoms with Crippen molar-refractivity contribution in [2.24, 2.45) is 0 Å². The van der Waals surface area contributed by atoms with Crippen molar-refractivity contribution in [3.8, 4) is 0 Å². The molecule has 1 aromatic carbocycles. The molecule has 8 heteroatoms. The number of nitrogens with zero attached hydrogens (tertiary/aromatic N) is 3. The summed E-state index contributed by atoms with van der Waals surface area (Å²) < 4.78 is 0. The van der Waals surface area contributed by atoms with Crippen molar-refractivity contribution in [1.29, 1.82) is 0 Å². The van der Waals surface area contributed by atoms with Crippen LogP contribution in [0.1, 0.15) is 32.4 Å². The Bertz CT molecular complexity index is 896. The molecular formula is C19H18N4O4. The molecule has 138 valence electrons. The molecule has 0 bridgehead atoms. The highest BCUT2D eigenvalue weighted by atomic mass is 16.4. The minimum Gasteiger partial charge on any atom is -0.477 e. The molecule has 0 amide bonds. The molecular weight excluding hydrogens is 348 g/mol. The molecule has 0 spiro atoms. The van der Waals surface area contributed by atoms with Gasteiger partial charge in [0.05, 0.1) is 0 Å². The number of pyridine rings is 1. The van der Waals surface area contributed by atoms with Crippen LogP contribution in [0.4, 0.5) is 11.6 Å². The van der Waals surface area contributed by atoms with E-state index in [0.717, 1.165) is 17.1 Å². The second kappa shape index (κ2) is 9.04. The zero-order valence-electron chi connectivity index (χ0n) is 14.7. The van der Waals surface area contributed by atoms with E-state index < -0.39 is 11.9 Å². The summed E-state index contributed by atoms with van der Waals surface area (Å²) in [7, 11) is 0. The number of carbonyl (C=O) groups is 2. The third kappa shape index (κ3) is 6.20. The number of nitrogens with one attached hydrogen (secondary N) is 1. The van der Waals surface area contributed by atoms with Crippen LogP contribution < -0.4 is 5.32 Å². The summed E-state index contributed by atoms with van der Waals surface area (Å²) in [6.07, 6.45) is 0. The van der Waals surface area contributed by atoms with Crippen molar-refractivity contribution in [1.82, 2.24) is 15.0 Å². The van der Waals surface area contributed by atoms with Crippen LogP contribution in [-0.2, 0) is 0 Å². The molecule has 3 rings (SSSR count). The van der Waals surface area contributed by atoms with Gasteiger partial charge in [0.25, 0.3) is 0 Å². The van der Waals surface area contributed by atoms with E-state index in [1.54, 1.807) is 0 Å². The van der Waals surface area contributed by atoms with Gasteiger partial charge in [-0.05, 0) is 44.2 Å². The van der Waals surface area contributed by atoms with Crippen molar-refractivity contribution in [3.05, 3.63) is 77.4 Å². The molecule has 0 saturated carbocycles. The molecule has 0 aliphatic heterocycles. The number of aryl methyl sites for hydroxylation is 2. The van der Waals surface area contributed by atoms with Crippen molar-refractivity contribution < 1.29 is 19.8 Å². The van der Waals surface area contributed by atoms with Gasteiger partial charge in [-0.15, -0.1) is 0 Å². The first-order valence-corrected chi connectivity index (χ1v) is 7.93. The summed E-state index contributed by atoms with van der Waals surface area (Å²) in [5.41, 5.74) is 2.41. The summed E-state index contributed by atoms with van der Waals surface area (Å²) in [6, 6.07) is 15.7. The van der Waals surface area contributed by atoms with Gasteiger partial charge in [0.15, 0.2) is 0 Å². The number of benzene rings is 1. The predicted octanol–water partition coefficient (Wildman–Crippen LogP) is 3.32. The van der Waals surface area contributed by atoms with Crippen LogP contribution in [0, 0.1) is 13.8 Å². The maximum Gasteiger partial charge on any atom is 0.354 e. The lowest BCUT2D eigenvalue weighted by atomic mass is 10.3. The molecule has 0 atom stereocenters. The van der Waals surface area contributed by atoms with Gasteiger partial charge in [-0.2, -0.15) is 0 Å². The number of para-hydroxylation sites is 1. The van der Waals surface area contributed by atoms with E-state index in [4.69, 9.17) is 10.2 Å². The fraction of sp³-hybridized carbons (Fsp3) is 0.105. The summed E-state index contributed by atoms with van der Waals surface area (Å²) in [5, 5.41) is 20.0. The zero-order chi connectivity index (χ0) is 19.8. The molecule has 27 heavy (non-hydrogen) atoms. The first kappa shape index (κ1) is 19.5. The van der Waals surface area contributed by atoms with Gasteiger partial charge in [0, 0.05) is 17.1 Å². The molecule has 3 aromatic rings. The predicted molar refractivity (Wildman–Crippen MR) is 99.4 cm³/mol. The summed E-state index contributed by atoms with van der Waals surface area (Å²) in [4.78, 5) is 32.6. The van der Waals surface area contributed by atoms with Crippen LogP contribution in [0.25, 0.3) is 0 Å². The van der Waals surface area contributed by atoms with E-state index in [9.17, 15) is 9.59 Å². The number of carboxylic acid groups (broad SMARTS) is 2. The Balaban J connectivity index is 0.000000199. The number of hydrogen-bond acceptors (Lipinski definition) is 6. The molecule has 0 aliphatic carbocycles. The highest BCUT2D eigenvalue weighted by molar-refractivity contribution is 5.89. The first-order chi connectivity index (χ1) is 12.8. The maximum absolute atomic E-state index is 10.3. The minimum atomic E-state index is -1.24. The number of carboxylic acids is 2. The van der Waals surface area contributed by atoms with E-state index in [2.05, 4.69) is 20.3 Å². The topological polar surface area (TPSA) is 125 Å². The molecule has 0 aliphatic rings. The zero-order valence-corrected chi connectivity index (χ0v) is 14.7. The van der Waals surface area contributed by atoms with Gasteiger partial charge >= 0.3 is 11.9 Å². The average molecular weight is 366 g/mol. The summed E-state index contributed by atoms with van der Waals surface area (Å²) in [5.74, 6) is -1.82. The van der Waals surface area contributed by atoms with Gasteiger partial charge in [-0.3, -0.25) is 0 Å². The SMILES string of the molecule is Cc1cc(C)nc(Nc2ccccc2)n1.O=C(O)c1cccc(C(=O)O)n1. The fourth-order valence-corrected chi connectivity index (χ4v) is 2.11. The molecule has 2 heterocycles. The quantitative estimate of drug-likeness (QED) is 0.642. The number of aromatic nitrogens is 3. The smallest absolute Gasteiger partial charge is 0.354 e. The first-order valence-electron chi connectivity index (χ1n) is 7.93. The highest BCUT2D eigenvalue weighted by Gasteiger charge is 2.08. The van der Waals surface area contributed by atoms with Gasteiger partial charge in [0.2, 0.25) is 5.95 Å². The van der Waals surface area contributed by atoms with Crippen molar-refractivity contribution >= 4 is 23.6 Å². The lowest BCUT2D eigenvalue weighted by Gasteiger charge is -2.05. The minimum absolute atomic E-state index is 0.269. The average Bonchev–Trinajstić information content (AvgIpc) is 2.62. The molecule has 8 nitrogen and oxygen atoms in total. The normalized spacial score (nSPS) is 9.70. The summed E-state index contributed by atoms with van der Waals surface area (Å²) in [6.45, 7) is 3.93. The second-order valence-corrected chi connectivity index (χ2v) is 5.48. The van der Waals surface area contributed by atoms with Gasteiger partial charge in [0.1, 0.15) is 11.4 Å². The van der Waals surface area contributed by atoms with Crippen LogP contribution in [0.3, 0.4) is 0 Å². The van der Waals surface area contributed by atoms with E-state index in [1.165, 1.54) is 18.2 Å². The van der Waals surface area contributed by atoms with Gasteiger partial charge < -0.3 is 15.5 Å². The van der Waals surface area contributed by atoms with Crippen molar-refractivity contribution in [2.45, 2.75) is 13.8 Å². The lowest BCUT2D eigenvalue weighted by molar-refractivity contribution is 0.0685. The van der Waals surface area contributed by atoms with Gasteiger partial charge in [-0.25, -0.2) is 24.5 Å². The van der Waals surface area contributed by atoms with Crippen LogP contribution in [-0.4, -0.2) is 37.1 Å². The number of aromatic carboxylic acids is 2. The highest BCUT2D eigenvalue weighted by Crippen LogP contribution is 2.12. The number of anilines is 2. The van der Waals surface area contributed by atoms with Crippen molar-refractivity contribution in [2.75, 3.05) is 5.32 Å². The number of hydrogen-bond donors (Lipinski definition) is 3. The third-order valence-corrected chi connectivity index (χ3v) is 3.20. The molecule has 2 aromatic heterocycles. The lowest BCUT2D eigenvalue weighted by Crippen LogP contribution is -2.06. The Hall–Kier alpha value is -3.81. The van der Waals surface area contributed by atoms with E-state index >= 15 is 0 Å². The van der Waals surface area contributed by atoms with Crippen LogP contribution in [0.5, 0.6) is 0 Å². The monoisotopic (exact) mass is 366 g/mol. The van der Waals surface area contributed by atoms with Crippen LogP contribution in [0.2, 0.25) is 0 Å². The van der Waals surface area contributed by atoms with E-state index in [0.29, 0.717) is 5.95 Å². The van der Waals surface area contributed by atoms with Crippen LogP contribution >= 0.6 is 0 Å². The largest absolute Gasteiger partial charge is 0.477 e. The fourth-order valence-electron chi connectivity index (χ4n) is 2.11. The van der Waals surface area contributed by atoms with Crippen LogP contribution in [0.15, 0.2) is 54.6 Å². The van der Waals surface area contributed by atoms with E-state index in [1.807, 2.05) is 50.2 Å². The molecule has 3 N–H and O–H groups in total.